The van der Waals surface area contributed by atoms with Crippen LogP contribution < -0.4 is 4.72 Å². The lowest BCUT2D eigenvalue weighted by molar-refractivity contribution is 0.248. The van der Waals surface area contributed by atoms with Crippen molar-refractivity contribution in [3.63, 3.8) is 0 Å². The summed E-state index contributed by atoms with van der Waals surface area (Å²) in [6.45, 7) is 5.64. The summed E-state index contributed by atoms with van der Waals surface area (Å²) in [6, 6.07) is 5.59. The highest BCUT2D eigenvalue weighted by Gasteiger charge is 2.24. The number of sulfonamides is 1. The molecular formula is C14H23ClN2O2S. The van der Waals surface area contributed by atoms with Gasteiger partial charge in [-0.15, -0.1) is 12.4 Å². The zero-order valence-corrected chi connectivity index (χ0v) is 13.9. The molecule has 0 aromatic heterocycles. The van der Waals surface area contributed by atoms with E-state index in [1.807, 2.05) is 26.0 Å². The van der Waals surface area contributed by atoms with Gasteiger partial charge in [0.1, 0.15) is 0 Å². The quantitative estimate of drug-likeness (QED) is 0.928. The van der Waals surface area contributed by atoms with Crippen LogP contribution in [-0.4, -0.2) is 39.5 Å². The average molecular weight is 319 g/mol. The maximum absolute atomic E-state index is 12.4. The van der Waals surface area contributed by atoms with Crippen molar-refractivity contribution in [1.29, 1.82) is 0 Å². The molecule has 1 aliphatic rings. The first-order valence-electron chi connectivity index (χ1n) is 6.66. The van der Waals surface area contributed by atoms with Crippen LogP contribution in [0.1, 0.15) is 24.0 Å². The molecule has 0 bridgehead atoms. The number of halogens is 1. The second kappa shape index (κ2) is 6.89. The standard InChI is InChI=1S/C14H22N2O2S.ClH/c1-11-4-5-12(2)14(10-11)19(17,18)15-13-6-8-16(3)9-7-13;/h4-5,10,13,15H,6-9H2,1-3H3;1H. The summed E-state index contributed by atoms with van der Waals surface area (Å²) in [5.41, 5.74) is 1.76. The highest BCUT2D eigenvalue weighted by Crippen LogP contribution is 2.19. The number of nitrogens with one attached hydrogen (secondary N) is 1. The van der Waals surface area contributed by atoms with Gasteiger partial charge >= 0.3 is 0 Å². The van der Waals surface area contributed by atoms with Crippen molar-refractivity contribution in [2.75, 3.05) is 20.1 Å². The molecule has 0 aliphatic carbocycles. The summed E-state index contributed by atoms with van der Waals surface area (Å²) in [7, 11) is -1.33. The normalized spacial score (nSPS) is 17.8. The summed E-state index contributed by atoms with van der Waals surface area (Å²) in [4.78, 5) is 2.63. The number of rotatable bonds is 3. The number of piperidine rings is 1. The molecule has 114 valence electrons. The summed E-state index contributed by atoms with van der Waals surface area (Å²) in [5, 5.41) is 0. The highest BCUT2D eigenvalue weighted by molar-refractivity contribution is 7.89. The van der Waals surface area contributed by atoms with E-state index in [9.17, 15) is 8.42 Å². The van der Waals surface area contributed by atoms with E-state index in [0.717, 1.165) is 37.1 Å². The second-order valence-corrected chi connectivity index (χ2v) is 7.15. The Balaban J connectivity index is 0.00000200. The Labute approximate surface area is 128 Å². The predicted octanol–water partition coefficient (Wildman–Crippen LogP) is 2.10. The van der Waals surface area contributed by atoms with Crippen LogP contribution in [0.25, 0.3) is 0 Å². The minimum atomic E-state index is -3.40. The molecule has 0 radical (unpaired) electrons. The van der Waals surface area contributed by atoms with Crippen molar-refractivity contribution in [3.05, 3.63) is 29.3 Å². The van der Waals surface area contributed by atoms with Crippen molar-refractivity contribution in [3.8, 4) is 0 Å². The Bertz CT molecular complexity index is 552. The predicted molar refractivity (Wildman–Crippen MR) is 84.0 cm³/mol. The molecule has 4 nitrogen and oxygen atoms in total. The number of nitrogens with zero attached hydrogens (tertiary/aromatic N) is 1. The second-order valence-electron chi connectivity index (χ2n) is 5.47. The monoisotopic (exact) mass is 318 g/mol. The topological polar surface area (TPSA) is 49.4 Å². The van der Waals surface area contributed by atoms with Crippen LogP contribution in [0.4, 0.5) is 0 Å². The van der Waals surface area contributed by atoms with Gasteiger partial charge in [0, 0.05) is 6.04 Å². The molecule has 2 rings (SSSR count). The molecule has 1 heterocycles. The van der Waals surface area contributed by atoms with Gasteiger partial charge in [0.15, 0.2) is 0 Å². The fourth-order valence-corrected chi connectivity index (χ4v) is 4.04. The first-order valence-corrected chi connectivity index (χ1v) is 8.15. The van der Waals surface area contributed by atoms with E-state index in [-0.39, 0.29) is 18.4 Å². The molecule has 6 heteroatoms. The molecule has 1 fully saturated rings. The Hall–Kier alpha value is -0.620. The van der Waals surface area contributed by atoms with Crippen LogP contribution in [0.3, 0.4) is 0 Å². The van der Waals surface area contributed by atoms with Gasteiger partial charge in [-0.05, 0) is 64.0 Å². The van der Waals surface area contributed by atoms with Crippen molar-refractivity contribution < 1.29 is 8.42 Å². The Morgan fingerprint density at radius 3 is 2.40 bits per heavy atom. The minimum absolute atomic E-state index is 0. The van der Waals surface area contributed by atoms with Crippen LogP contribution in [0.5, 0.6) is 0 Å². The molecule has 1 saturated heterocycles. The molecular weight excluding hydrogens is 296 g/mol. The third-order valence-corrected chi connectivity index (χ3v) is 5.34. The molecule has 1 aliphatic heterocycles. The van der Waals surface area contributed by atoms with Crippen molar-refractivity contribution in [2.45, 2.75) is 37.6 Å². The van der Waals surface area contributed by atoms with Gasteiger partial charge in [-0.25, -0.2) is 13.1 Å². The van der Waals surface area contributed by atoms with E-state index in [1.54, 1.807) is 6.07 Å². The lowest BCUT2D eigenvalue weighted by Crippen LogP contribution is -2.43. The molecule has 0 atom stereocenters. The minimum Gasteiger partial charge on any atom is -0.306 e. The van der Waals surface area contributed by atoms with Crippen molar-refractivity contribution in [1.82, 2.24) is 9.62 Å². The van der Waals surface area contributed by atoms with Crippen molar-refractivity contribution in [2.24, 2.45) is 0 Å². The van der Waals surface area contributed by atoms with Crippen LogP contribution in [0.2, 0.25) is 0 Å². The molecule has 0 unspecified atom stereocenters. The van der Waals surface area contributed by atoms with E-state index < -0.39 is 10.0 Å². The lowest BCUT2D eigenvalue weighted by atomic mass is 10.1. The number of aryl methyl sites for hydroxylation is 2. The third kappa shape index (κ3) is 4.19. The van der Waals surface area contributed by atoms with Crippen LogP contribution >= 0.6 is 12.4 Å². The fourth-order valence-electron chi connectivity index (χ4n) is 2.41. The zero-order chi connectivity index (χ0) is 14.0. The fraction of sp³-hybridized carbons (Fsp3) is 0.571. The molecule has 1 aromatic rings. The van der Waals surface area contributed by atoms with E-state index in [4.69, 9.17) is 0 Å². The van der Waals surface area contributed by atoms with E-state index in [2.05, 4.69) is 16.7 Å². The summed E-state index contributed by atoms with van der Waals surface area (Å²) in [6.07, 6.45) is 1.75. The average Bonchev–Trinajstić information content (AvgIpc) is 2.35. The largest absolute Gasteiger partial charge is 0.306 e. The maximum atomic E-state index is 12.4. The first-order chi connectivity index (χ1) is 8.88. The molecule has 0 saturated carbocycles. The van der Waals surface area contributed by atoms with Crippen LogP contribution in [0.15, 0.2) is 23.1 Å². The van der Waals surface area contributed by atoms with Gasteiger partial charge in [-0.1, -0.05) is 12.1 Å². The smallest absolute Gasteiger partial charge is 0.241 e. The summed E-state index contributed by atoms with van der Waals surface area (Å²) in [5.74, 6) is 0. The lowest BCUT2D eigenvalue weighted by Gasteiger charge is -2.29. The van der Waals surface area contributed by atoms with Gasteiger partial charge in [0.2, 0.25) is 10.0 Å². The van der Waals surface area contributed by atoms with Gasteiger partial charge in [0.25, 0.3) is 0 Å². The summed E-state index contributed by atoms with van der Waals surface area (Å²) >= 11 is 0. The molecule has 0 amide bonds. The molecule has 1 aromatic carbocycles. The number of hydrogen-bond donors (Lipinski definition) is 1. The molecule has 1 N–H and O–H groups in total. The Kier molecular flexibility index (Phi) is 6.01. The van der Waals surface area contributed by atoms with Gasteiger partial charge in [-0.2, -0.15) is 0 Å². The number of benzene rings is 1. The molecule has 20 heavy (non-hydrogen) atoms. The van der Waals surface area contributed by atoms with Gasteiger partial charge < -0.3 is 4.90 Å². The SMILES string of the molecule is Cc1ccc(C)c(S(=O)(=O)NC2CCN(C)CC2)c1.Cl. The van der Waals surface area contributed by atoms with Crippen LogP contribution in [0, 0.1) is 13.8 Å². The summed E-state index contributed by atoms with van der Waals surface area (Å²) < 4.78 is 27.7. The number of hydrogen-bond acceptors (Lipinski definition) is 3. The Morgan fingerprint density at radius 1 is 1.20 bits per heavy atom. The van der Waals surface area contributed by atoms with E-state index in [1.165, 1.54) is 0 Å². The molecule has 0 spiro atoms. The maximum Gasteiger partial charge on any atom is 0.241 e. The first kappa shape index (κ1) is 17.4. The van der Waals surface area contributed by atoms with E-state index in [0.29, 0.717) is 4.90 Å². The third-order valence-electron chi connectivity index (χ3n) is 3.67. The van der Waals surface area contributed by atoms with Crippen LogP contribution in [-0.2, 0) is 10.0 Å². The van der Waals surface area contributed by atoms with Gasteiger partial charge in [0.05, 0.1) is 4.90 Å². The zero-order valence-electron chi connectivity index (χ0n) is 12.2. The highest BCUT2D eigenvalue weighted by atomic mass is 35.5. The van der Waals surface area contributed by atoms with Gasteiger partial charge in [-0.3, -0.25) is 0 Å². The Morgan fingerprint density at radius 2 is 1.80 bits per heavy atom. The van der Waals surface area contributed by atoms with E-state index >= 15 is 0 Å². The number of likely N-dealkylation sites (tertiary alicyclic amines) is 1. The van der Waals surface area contributed by atoms with Crippen molar-refractivity contribution >= 4 is 22.4 Å².